The topological polar surface area (TPSA) is 38.0 Å². The summed E-state index contributed by atoms with van der Waals surface area (Å²) in [7, 11) is 1.86. The van der Waals surface area contributed by atoms with E-state index in [1.165, 1.54) is 0 Å². The molecule has 0 fully saturated rings. The molecule has 1 atom stereocenters. The highest BCUT2D eigenvalue weighted by atomic mass is 16.3. The standard InChI is InChI=1S/C13H16N2O/c1-10-8-12(15(2)14-10)13(16)9-11-6-4-3-5-7-11/h3-8,13,16H,9H2,1-2H3. The van der Waals surface area contributed by atoms with Crippen molar-refractivity contribution in [2.75, 3.05) is 0 Å². The Kier molecular flexibility index (Phi) is 3.06. The summed E-state index contributed by atoms with van der Waals surface area (Å²) in [6, 6.07) is 11.9. The first kappa shape index (κ1) is 10.9. The van der Waals surface area contributed by atoms with Gasteiger partial charge in [0.05, 0.1) is 17.5 Å². The summed E-state index contributed by atoms with van der Waals surface area (Å²) in [4.78, 5) is 0. The zero-order valence-electron chi connectivity index (χ0n) is 9.59. The Bertz CT molecular complexity index is 462. The fourth-order valence-corrected chi connectivity index (χ4v) is 1.88. The molecule has 1 aromatic carbocycles. The van der Waals surface area contributed by atoms with Gasteiger partial charge in [0.25, 0.3) is 0 Å². The van der Waals surface area contributed by atoms with Crippen molar-refractivity contribution in [3.05, 3.63) is 53.3 Å². The second-order valence-electron chi connectivity index (χ2n) is 4.04. The first-order valence-electron chi connectivity index (χ1n) is 5.39. The van der Waals surface area contributed by atoms with Crippen LogP contribution in [0, 0.1) is 6.92 Å². The van der Waals surface area contributed by atoms with Crippen LogP contribution in [0.25, 0.3) is 0 Å². The Hall–Kier alpha value is -1.61. The van der Waals surface area contributed by atoms with Crippen molar-refractivity contribution in [2.45, 2.75) is 19.4 Å². The van der Waals surface area contributed by atoms with Gasteiger partial charge in [-0.05, 0) is 18.6 Å². The van der Waals surface area contributed by atoms with Crippen molar-refractivity contribution in [3.63, 3.8) is 0 Å². The van der Waals surface area contributed by atoms with E-state index in [9.17, 15) is 5.11 Å². The van der Waals surface area contributed by atoms with Crippen LogP contribution in [0.2, 0.25) is 0 Å². The predicted octanol–water partition coefficient (Wildman–Crippen LogP) is 2.00. The molecule has 0 saturated carbocycles. The van der Waals surface area contributed by atoms with Crippen molar-refractivity contribution in [3.8, 4) is 0 Å². The van der Waals surface area contributed by atoms with Crippen LogP contribution < -0.4 is 0 Å². The molecule has 16 heavy (non-hydrogen) atoms. The molecule has 0 aliphatic heterocycles. The number of nitrogens with zero attached hydrogens (tertiary/aromatic N) is 2. The summed E-state index contributed by atoms with van der Waals surface area (Å²) >= 11 is 0. The molecule has 0 saturated heterocycles. The van der Waals surface area contributed by atoms with Gasteiger partial charge in [0.1, 0.15) is 0 Å². The summed E-state index contributed by atoms with van der Waals surface area (Å²) in [5, 5.41) is 14.3. The van der Waals surface area contributed by atoms with Crippen LogP contribution in [0.5, 0.6) is 0 Å². The largest absolute Gasteiger partial charge is 0.386 e. The molecule has 1 aromatic heterocycles. The van der Waals surface area contributed by atoms with Gasteiger partial charge >= 0.3 is 0 Å². The van der Waals surface area contributed by atoms with Gasteiger partial charge in [-0.3, -0.25) is 4.68 Å². The molecule has 0 bridgehead atoms. The van der Waals surface area contributed by atoms with Crippen LogP contribution in [-0.2, 0) is 13.5 Å². The first-order valence-corrected chi connectivity index (χ1v) is 5.39. The Balaban J connectivity index is 2.14. The van der Waals surface area contributed by atoms with Crippen molar-refractivity contribution in [2.24, 2.45) is 7.05 Å². The number of rotatable bonds is 3. The molecule has 2 aromatic rings. The molecule has 84 valence electrons. The highest BCUT2D eigenvalue weighted by Gasteiger charge is 2.13. The molecule has 2 rings (SSSR count). The smallest absolute Gasteiger partial charge is 0.0996 e. The van der Waals surface area contributed by atoms with Crippen molar-refractivity contribution in [1.29, 1.82) is 0 Å². The van der Waals surface area contributed by atoms with Gasteiger partial charge in [-0.2, -0.15) is 5.10 Å². The van der Waals surface area contributed by atoms with Crippen LogP contribution in [0.1, 0.15) is 23.1 Å². The van der Waals surface area contributed by atoms with E-state index < -0.39 is 6.10 Å². The molecule has 3 heteroatoms. The fraction of sp³-hybridized carbons (Fsp3) is 0.308. The van der Waals surface area contributed by atoms with Gasteiger partial charge in [0, 0.05) is 13.5 Å². The molecule has 1 heterocycles. The zero-order chi connectivity index (χ0) is 11.5. The summed E-state index contributed by atoms with van der Waals surface area (Å²) in [5.74, 6) is 0. The fourth-order valence-electron chi connectivity index (χ4n) is 1.88. The van der Waals surface area contributed by atoms with E-state index in [4.69, 9.17) is 0 Å². The maximum absolute atomic E-state index is 10.1. The minimum Gasteiger partial charge on any atom is -0.386 e. The Morgan fingerprint density at radius 1 is 1.31 bits per heavy atom. The molecule has 3 nitrogen and oxygen atoms in total. The minimum absolute atomic E-state index is 0.492. The lowest BCUT2D eigenvalue weighted by Gasteiger charge is -2.10. The summed E-state index contributed by atoms with van der Waals surface area (Å²) in [5.41, 5.74) is 2.93. The van der Waals surface area contributed by atoms with E-state index in [-0.39, 0.29) is 0 Å². The number of hydrogen-bond donors (Lipinski definition) is 1. The van der Waals surface area contributed by atoms with Crippen LogP contribution in [0.4, 0.5) is 0 Å². The van der Waals surface area contributed by atoms with Gasteiger partial charge < -0.3 is 5.11 Å². The zero-order valence-corrected chi connectivity index (χ0v) is 9.59. The Labute approximate surface area is 95.3 Å². The maximum atomic E-state index is 10.1. The van der Waals surface area contributed by atoms with Crippen LogP contribution in [0.3, 0.4) is 0 Å². The molecular formula is C13H16N2O. The van der Waals surface area contributed by atoms with Crippen molar-refractivity contribution < 1.29 is 5.11 Å². The van der Waals surface area contributed by atoms with Gasteiger partial charge in [0.15, 0.2) is 0 Å². The van der Waals surface area contributed by atoms with Crippen LogP contribution >= 0.6 is 0 Å². The third-order valence-corrected chi connectivity index (χ3v) is 2.65. The van der Waals surface area contributed by atoms with Crippen molar-refractivity contribution >= 4 is 0 Å². The van der Waals surface area contributed by atoms with Crippen LogP contribution in [-0.4, -0.2) is 14.9 Å². The van der Waals surface area contributed by atoms with Gasteiger partial charge in [-0.1, -0.05) is 30.3 Å². The first-order chi connectivity index (χ1) is 7.66. The number of aryl methyl sites for hydroxylation is 2. The third-order valence-electron chi connectivity index (χ3n) is 2.65. The second kappa shape index (κ2) is 4.49. The summed E-state index contributed by atoms with van der Waals surface area (Å²) in [6.07, 6.45) is 0.133. The molecule has 1 unspecified atom stereocenters. The number of hydrogen-bond acceptors (Lipinski definition) is 2. The minimum atomic E-state index is -0.492. The Morgan fingerprint density at radius 2 is 2.00 bits per heavy atom. The van der Waals surface area contributed by atoms with E-state index in [1.807, 2.05) is 50.4 Å². The number of aliphatic hydroxyl groups is 1. The number of benzene rings is 1. The molecule has 0 radical (unpaired) electrons. The number of aliphatic hydroxyl groups excluding tert-OH is 1. The molecule has 0 spiro atoms. The lowest BCUT2D eigenvalue weighted by molar-refractivity contribution is 0.168. The molecular weight excluding hydrogens is 200 g/mol. The quantitative estimate of drug-likeness (QED) is 0.852. The lowest BCUT2D eigenvalue weighted by Crippen LogP contribution is -2.07. The average molecular weight is 216 g/mol. The SMILES string of the molecule is Cc1cc(C(O)Cc2ccccc2)n(C)n1. The third kappa shape index (κ3) is 2.31. The normalized spacial score (nSPS) is 12.7. The van der Waals surface area contributed by atoms with E-state index >= 15 is 0 Å². The van der Waals surface area contributed by atoms with Gasteiger partial charge in [-0.25, -0.2) is 0 Å². The molecule has 1 N–H and O–H groups in total. The monoisotopic (exact) mass is 216 g/mol. The van der Waals surface area contributed by atoms with E-state index in [1.54, 1.807) is 4.68 Å². The highest BCUT2D eigenvalue weighted by Crippen LogP contribution is 2.18. The molecule has 0 aliphatic rings. The van der Waals surface area contributed by atoms with Crippen LogP contribution in [0.15, 0.2) is 36.4 Å². The highest BCUT2D eigenvalue weighted by molar-refractivity contribution is 5.19. The number of aromatic nitrogens is 2. The van der Waals surface area contributed by atoms with Crippen molar-refractivity contribution in [1.82, 2.24) is 9.78 Å². The predicted molar refractivity (Wildman–Crippen MR) is 63.1 cm³/mol. The molecule has 0 amide bonds. The lowest BCUT2D eigenvalue weighted by atomic mass is 10.1. The van der Waals surface area contributed by atoms with Gasteiger partial charge in [-0.15, -0.1) is 0 Å². The average Bonchev–Trinajstić information content (AvgIpc) is 2.59. The Morgan fingerprint density at radius 3 is 2.56 bits per heavy atom. The summed E-state index contributed by atoms with van der Waals surface area (Å²) in [6.45, 7) is 1.93. The van der Waals surface area contributed by atoms with E-state index in [2.05, 4.69) is 5.10 Å². The second-order valence-corrected chi connectivity index (χ2v) is 4.04. The van der Waals surface area contributed by atoms with E-state index in [0.717, 1.165) is 17.0 Å². The molecule has 0 aliphatic carbocycles. The van der Waals surface area contributed by atoms with Gasteiger partial charge in [0.2, 0.25) is 0 Å². The van der Waals surface area contributed by atoms with E-state index in [0.29, 0.717) is 6.42 Å². The maximum Gasteiger partial charge on any atom is 0.0996 e. The summed E-state index contributed by atoms with van der Waals surface area (Å²) < 4.78 is 1.74.